The Hall–Kier alpha value is -0.380. The Labute approximate surface area is 92.7 Å². The van der Waals surface area contributed by atoms with Crippen molar-refractivity contribution in [1.29, 1.82) is 0 Å². The van der Waals surface area contributed by atoms with E-state index in [1.807, 2.05) is 12.1 Å². The van der Waals surface area contributed by atoms with Crippen molar-refractivity contribution in [2.75, 3.05) is 13.1 Å². The minimum Gasteiger partial charge on any atom is -0.392 e. The average molecular weight is 256 g/mol. The van der Waals surface area contributed by atoms with Crippen LogP contribution in [-0.4, -0.2) is 29.2 Å². The van der Waals surface area contributed by atoms with E-state index in [1.165, 1.54) is 5.56 Å². The summed E-state index contributed by atoms with van der Waals surface area (Å²) in [5, 5.41) is 9.38. The quantitative estimate of drug-likeness (QED) is 0.875. The van der Waals surface area contributed by atoms with Crippen molar-refractivity contribution in [2.24, 2.45) is 0 Å². The van der Waals surface area contributed by atoms with Gasteiger partial charge in [0, 0.05) is 24.1 Å². The summed E-state index contributed by atoms with van der Waals surface area (Å²) in [4.78, 5) is 2.28. The van der Waals surface area contributed by atoms with Gasteiger partial charge in [0.1, 0.15) is 0 Å². The fourth-order valence-corrected chi connectivity index (χ4v) is 2.30. The first-order chi connectivity index (χ1) is 6.74. The molecule has 1 aromatic carbocycles. The number of β-amino-alcohol motifs (C(OH)–C–C–N with tert-alkyl or cyclic N) is 1. The molecule has 1 fully saturated rings. The number of likely N-dealkylation sites (tertiary alicyclic amines) is 1. The van der Waals surface area contributed by atoms with E-state index >= 15 is 0 Å². The zero-order valence-corrected chi connectivity index (χ0v) is 9.57. The minimum absolute atomic E-state index is 0.123. The molecular formula is C11H14BrNO. The molecule has 0 radical (unpaired) electrons. The SMILES string of the molecule is OC1CCN(Cc2cccc(Br)c2)C1. The molecule has 0 bridgehead atoms. The summed E-state index contributed by atoms with van der Waals surface area (Å²) in [5.74, 6) is 0. The van der Waals surface area contributed by atoms with Gasteiger partial charge >= 0.3 is 0 Å². The third kappa shape index (κ3) is 2.56. The van der Waals surface area contributed by atoms with E-state index in [1.54, 1.807) is 0 Å². The molecule has 1 saturated heterocycles. The number of rotatable bonds is 2. The Balaban J connectivity index is 1.97. The Bertz CT molecular complexity index is 316. The number of nitrogens with zero attached hydrogens (tertiary/aromatic N) is 1. The second kappa shape index (κ2) is 4.43. The second-order valence-corrected chi connectivity index (χ2v) is 4.72. The maximum absolute atomic E-state index is 9.38. The molecule has 14 heavy (non-hydrogen) atoms. The topological polar surface area (TPSA) is 23.5 Å². The highest BCUT2D eigenvalue weighted by atomic mass is 79.9. The second-order valence-electron chi connectivity index (χ2n) is 3.81. The van der Waals surface area contributed by atoms with Gasteiger partial charge in [0.15, 0.2) is 0 Å². The van der Waals surface area contributed by atoms with Gasteiger partial charge in [-0.05, 0) is 24.1 Å². The maximum atomic E-state index is 9.38. The van der Waals surface area contributed by atoms with Crippen molar-refractivity contribution in [3.63, 3.8) is 0 Å². The molecule has 0 aromatic heterocycles. The molecule has 1 N–H and O–H groups in total. The normalized spacial score (nSPS) is 22.9. The van der Waals surface area contributed by atoms with Crippen LogP contribution in [0.1, 0.15) is 12.0 Å². The number of benzene rings is 1. The lowest BCUT2D eigenvalue weighted by Gasteiger charge is -2.14. The van der Waals surface area contributed by atoms with Crippen LogP contribution in [0.25, 0.3) is 0 Å². The highest BCUT2D eigenvalue weighted by Gasteiger charge is 2.19. The summed E-state index contributed by atoms with van der Waals surface area (Å²) in [6.45, 7) is 2.76. The summed E-state index contributed by atoms with van der Waals surface area (Å²) in [7, 11) is 0. The fourth-order valence-electron chi connectivity index (χ4n) is 1.85. The number of hydrogen-bond donors (Lipinski definition) is 1. The zero-order valence-electron chi connectivity index (χ0n) is 7.99. The molecule has 2 rings (SSSR count). The first-order valence-electron chi connectivity index (χ1n) is 4.89. The summed E-state index contributed by atoms with van der Waals surface area (Å²) in [6, 6.07) is 8.33. The molecule has 0 spiro atoms. The van der Waals surface area contributed by atoms with Gasteiger partial charge in [-0.1, -0.05) is 28.1 Å². The molecule has 3 heteroatoms. The van der Waals surface area contributed by atoms with Crippen LogP contribution >= 0.6 is 15.9 Å². The third-order valence-corrected chi connectivity index (χ3v) is 3.04. The zero-order chi connectivity index (χ0) is 9.97. The van der Waals surface area contributed by atoms with Crippen molar-refractivity contribution < 1.29 is 5.11 Å². The van der Waals surface area contributed by atoms with Crippen LogP contribution in [0.15, 0.2) is 28.7 Å². The van der Waals surface area contributed by atoms with Crippen LogP contribution in [0, 0.1) is 0 Å². The van der Waals surface area contributed by atoms with Crippen molar-refractivity contribution in [2.45, 2.75) is 19.1 Å². The van der Waals surface area contributed by atoms with E-state index in [-0.39, 0.29) is 6.10 Å². The molecule has 1 unspecified atom stereocenters. The lowest BCUT2D eigenvalue weighted by Crippen LogP contribution is -2.21. The molecule has 1 aliphatic rings. The molecule has 0 saturated carbocycles. The van der Waals surface area contributed by atoms with Gasteiger partial charge in [0.05, 0.1) is 6.10 Å². The van der Waals surface area contributed by atoms with Crippen LogP contribution in [0.3, 0.4) is 0 Å². The van der Waals surface area contributed by atoms with Crippen molar-refractivity contribution in [1.82, 2.24) is 4.90 Å². The largest absolute Gasteiger partial charge is 0.392 e. The molecule has 1 heterocycles. The average Bonchev–Trinajstić information content (AvgIpc) is 2.51. The predicted molar refractivity (Wildman–Crippen MR) is 60.0 cm³/mol. The maximum Gasteiger partial charge on any atom is 0.0679 e. The highest BCUT2D eigenvalue weighted by molar-refractivity contribution is 9.10. The Morgan fingerprint density at radius 1 is 1.50 bits per heavy atom. The van der Waals surface area contributed by atoms with Gasteiger partial charge in [-0.25, -0.2) is 0 Å². The summed E-state index contributed by atoms with van der Waals surface area (Å²) in [6.07, 6.45) is 0.788. The van der Waals surface area contributed by atoms with Crippen molar-refractivity contribution in [3.05, 3.63) is 34.3 Å². The lowest BCUT2D eigenvalue weighted by molar-refractivity contribution is 0.175. The van der Waals surface area contributed by atoms with Crippen LogP contribution in [0.4, 0.5) is 0 Å². The van der Waals surface area contributed by atoms with Crippen LogP contribution < -0.4 is 0 Å². The molecule has 0 aliphatic carbocycles. The Morgan fingerprint density at radius 2 is 2.36 bits per heavy atom. The van der Waals surface area contributed by atoms with Crippen LogP contribution in [0.5, 0.6) is 0 Å². The molecule has 1 atom stereocenters. The van der Waals surface area contributed by atoms with E-state index in [2.05, 4.69) is 33.0 Å². The van der Waals surface area contributed by atoms with Gasteiger partial charge in [-0.2, -0.15) is 0 Å². The first-order valence-corrected chi connectivity index (χ1v) is 5.68. The summed E-state index contributed by atoms with van der Waals surface area (Å²) >= 11 is 3.46. The third-order valence-electron chi connectivity index (χ3n) is 2.54. The van der Waals surface area contributed by atoms with Gasteiger partial charge in [-0.3, -0.25) is 4.90 Å². The molecule has 0 amide bonds. The fraction of sp³-hybridized carbons (Fsp3) is 0.455. The molecule has 1 aromatic rings. The molecular weight excluding hydrogens is 242 g/mol. The molecule has 76 valence electrons. The molecule has 2 nitrogen and oxygen atoms in total. The van der Waals surface area contributed by atoms with Gasteiger partial charge in [-0.15, -0.1) is 0 Å². The van der Waals surface area contributed by atoms with Crippen molar-refractivity contribution in [3.8, 4) is 0 Å². The molecule has 1 aliphatic heterocycles. The number of halogens is 1. The smallest absolute Gasteiger partial charge is 0.0679 e. The predicted octanol–water partition coefficient (Wildman–Crippen LogP) is 2.02. The van der Waals surface area contributed by atoms with E-state index < -0.39 is 0 Å². The summed E-state index contributed by atoms with van der Waals surface area (Å²) in [5.41, 5.74) is 1.30. The standard InChI is InChI=1S/C11H14BrNO/c12-10-3-1-2-9(6-10)7-13-5-4-11(14)8-13/h1-3,6,11,14H,4-5,7-8H2. The van der Waals surface area contributed by atoms with E-state index in [0.717, 1.165) is 30.5 Å². The first kappa shape index (κ1) is 10.1. The Morgan fingerprint density at radius 3 is 3.00 bits per heavy atom. The lowest BCUT2D eigenvalue weighted by atomic mass is 10.2. The summed E-state index contributed by atoms with van der Waals surface area (Å²) < 4.78 is 1.12. The monoisotopic (exact) mass is 255 g/mol. The van der Waals surface area contributed by atoms with Gasteiger partial charge in [0.2, 0.25) is 0 Å². The highest BCUT2D eigenvalue weighted by Crippen LogP contribution is 2.16. The van der Waals surface area contributed by atoms with E-state index in [4.69, 9.17) is 0 Å². The van der Waals surface area contributed by atoms with Gasteiger partial charge < -0.3 is 5.11 Å². The number of aliphatic hydroxyl groups excluding tert-OH is 1. The number of hydrogen-bond acceptors (Lipinski definition) is 2. The number of aliphatic hydroxyl groups is 1. The van der Waals surface area contributed by atoms with Crippen molar-refractivity contribution >= 4 is 15.9 Å². The van der Waals surface area contributed by atoms with E-state index in [9.17, 15) is 5.11 Å². The van der Waals surface area contributed by atoms with Crippen LogP contribution in [-0.2, 0) is 6.54 Å². The minimum atomic E-state index is -0.123. The van der Waals surface area contributed by atoms with E-state index in [0.29, 0.717) is 0 Å². The van der Waals surface area contributed by atoms with Gasteiger partial charge in [0.25, 0.3) is 0 Å². The Kier molecular flexibility index (Phi) is 3.21. The van der Waals surface area contributed by atoms with Crippen LogP contribution in [0.2, 0.25) is 0 Å².